The molecule has 3 heterocycles. The highest BCUT2D eigenvalue weighted by Gasteiger charge is 2.24. The highest BCUT2D eigenvalue weighted by Crippen LogP contribution is 2.49. The van der Waals surface area contributed by atoms with Gasteiger partial charge < -0.3 is 0 Å². The van der Waals surface area contributed by atoms with Crippen molar-refractivity contribution in [3.05, 3.63) is 139 Å². The van der Waals surface area contributed by atoms with Crippen molar-refractivity contribution in [2.24, 2.45) is 0 Å². The maximum atomic E-state index is 2.63. The average molecular weight is 1240 g/mol. The zero-order valence-electron chi connectivity index (χ0n) is 57.7. The summed E-state index contributed by atoms with van der Waals surface area (Å²) >= 11 is 5.96. The fraction of sp³-hybridized carbons (Fsp3) is 0.576. The van der Waals surface area contributed by atoms with E-state index in [1.165, 1.54) is 315 Å². The van der Waals surface area contributed by atoms with E-state index in [2.05, 4.69) is 151 Å². The molecular weight excluding hydrogens is 1120 g/mol. The Morgan fingerprint density at radius 1 is 0.227 bits per heavy atom. The second-order valence-corrected chi connectivity index (χ2v) is 29.4. The Labute approximate surface area is 553 Å². The first-order valence-corrected chi connectivity index (χ1v) is 39.8. The Morgan fingerprint density at radius 2 is 0.477 bits per heavy atom. The number of thiophene rings is 3. The Bertz CT molecular complexity index is 2910. The van der Waals surface area contributed by atoms with Gasteiger partial charge in [0, 0.05) is 31.3 Å². The summed E-state index contributed by atoms with van der Waals surface area (Å²) in [6, 6.07) is 30.8. The monoisotopic (exact) mass is 1240 g/mol. The third-order valence-corrected chi connectivity index (χ3v) is 22.5. The number of aryl methyl sites for hydroxylation is 3. The highest BCUT2D eigenvalue weighted by molar-refractivity contribution is 7.15. The Morgan fingerprint density at radius 3 is 0.784 bits per heavy atom. The molecular formula is C85H122S3. The molecule has 0 unspecified atom stereocenters. The van der Waals surface area contributed by atoms with Crippen LogP contribution >= 0.6 is 34.0 Å². The minimum atomic E-state index is 1.15. The van der Waals surface area contributed by atoms with Crippen LogP contribution in [0.15, 0.2) is 88.9 Å². The van der Waals surface area contributed by atoms with E-state index in [1.54, 1.807) is 50.1 Å². The molecule has 0 atom stereocenters. The molecule has 0 radical (unpaired) electrons. The summed E-state index contributed by atoms with van der Waals surface area (Å²) in [7, 11) is 0. The summed E-state index contributed by atoms with van der Waals surface area (Å²) in [5.74, 6) is 0. The van der Waals surface area contributed by atoms with Gasteiger partial charge in [-0.1, -0.05) is 246 Å². The normalized spacial score (nSPS) is 11.7. The molecule has 0 saturated carbocycles. The fourth-order valence-corrected chi connectivity index (χ4v) is 17.3. The van der Waals surface area contributed by atoms with Crippen LogP contribution in [-0.4, -0.2) is 0 Å². The third kappa shape index (κ3) is 20.7. The van der Waals surface area contributed by atoms with Crippen molar-refractivity contribution in [1.29, 1.82) is 0 Å². The smallest absolute Gasteiger partial charge is 0.0423 e. The SMILES string of the molecule is CCCCCCc1ccc(-c2sccc2-c2cc(-c3ccsc3-c3ccc(CCCCCC)c(CCCCCC)c3CCCCCC)cc(-c3ccsc3-c3ccc(CCCCCC)c(CCCCCC)c3CCCCCC)c2)c(CCCCCC)c1C. The van der Waals surface area contributed by atoms with Gasteiger partial charge in [0.05, 0.1) is 0 Å². The van der Waals surface area contributed by atoms with Crippen LogP contribution < -0.4 is 0 Å². The van der Waals surface area contributed by atoms with E-state index in [0.29, 0.717) is 0 Å². The van der Waals surface area contributed by atoms with E-state index in [9.17, 15) is 0 Å². The molecule has 88 heavy (non-hydrogen) atoms. The number of hydrogen-bond acceptors (Lipinski definition) is 3. The van der Waals surface area contributed by atoms with Crippen LogP contribution in [0.3, 0.4) is 0 Å². The molecule has 0 N–H and O–H groups in total. The Kier molecular flexibility index (Phi) is 33.1. The maximum absolute atomic E-state index is 2.63. The first-order chi connectivity index (χ1) is 43.3. The molecule has 7 rings (SSSR count). The van der Waals surface area contributed by atoms with Gasteiger partial charge in [-0.3, -0.25) is 0 Å². The van der Waals surface area contributed by atoms with Crippen molar-refractivity contribution in [3.63, 3.8) is 0 Å². The van der Waals surface area contributed by atoms with Crippen LogP contribution in [0.25, 0.3) is 64.7 Å². The first-order valence-electron chi connectivity index (χ1n) is 37.1. The fourth-order valence-electron chi connectivity index (χ4n) is 14.4. The molecule has 0 aliphatic rings. The molecule has 0 aliphatic heterocycles. The van der Waals surface area contributed by atoms with Crippen LogP contribution in [-0.2, 0) is 51.4 Å². The summed E-state index contributed by atoms with van der Waals surface area (Å²) in [5.41, 5.74) is 27.5. The van der Waals surface area contributed by atoms with Gasteiger partial charge in [-0.2, -0.15) is 0 Å². The Hall–Kier alpha value is -4.02. The quantitative estimate of drug-likeness (QED) is 0.0334. The summed E-state index contributed by atoms with van der Waals surface area (Å²) in [6.07, 6.45) is 51.2. The van der Waals surface area contributed by atoms with Gasteiger partial charge in [0.25, 0.3) is 0 Å². The van der Waals surface area contributed by atoms with E-state index >= 15 is 0 Å². The van der Waals surface area contributed by atoms with Crippen molar-refractivity contribution in [3.8, 4) is 64.7 Å². The van der Waals surface area contributed by atoms with Crippen LogP contribution in [0, 0.1) is 6.92 Å². The first kappa shape index (κ1) is 71.4. The molecule has 0 nitrogen and oxygen atoms in total. The van der Waals surface area contributed by atoms with Crippen LogP contribution in [0.5, 0.6) is 0 Å². The predicted octanol–water partition coefficient (Wildman–Crippen LogP) is 29.2. The summed E-state index contributed by atoms with van der Waals surface area (Å²) in [5, 5.41) is 7.26. The van der Waals surface area contributed by atoms with E-state index in [0.717, 1.165) is 6.42 Å². The van der Waals surface area contributed by atoms with Crippen molar-refractivity contribution in [2.75, 3.05) is 0 Å². The largest absolute Gasteiger partial charge is 0.143 e. The molecule has 0 amide bonds. The van der Waals surface area contributed by atoms with Crippen molar-refractivity contribution >= 4 is 34.0 Å². The second-order valence-electron chi connectivity index (χ2n) is 26.6. The van der Waals surface area contributed by atoms with Crippen LogP contribution in [0.2, 0.25) is 0 Å². The number of rotatable bonds is 46. The van der Waals surface area contributed by atoms with E-state index in [1.807, 2.05) is 34.0 Å². The lowest BCUT2D eigenvalue weighted by atomic mass is 9.84. The standard InChI is InChI=1S/C85H122S3/c1-10-18-26-34-42-66-50-53-80(72(65(66)9)45-37-29-21-13-4)83-75(56-59-86-83)69-62-70(76-57-60-87-84(76)81-54-51-67(43-35-27-19-11-2)73(46-38-30-22-14-5)78(81)48-40-32-24-16-7)64-71(63-69)77-58-61-88-85(77)82-55-52-68(44-36-28-20-12-3)74(47-39-31-23-15-6)79(82)49-41-33-25-17-8/h50-64H,10-49H2,1-9H3. The van der Waals surface area contributed by atoms with Crippen LogP contribution in [0.1, 0.15) is 311 Å². The van der Waals surface area contributed by atoms with Gasteiger partial charge in [0.1, 0.15) is 0 Å². The number of benzene rings is 4. The molecule has 0 fully saturated rings. The van der Waals surface area contributed by atoms with Gasteiger partial charge in [0.15, 0.2) is 0 Å². The van der Waals surface area contributed by atoms with Crippen molar-refractivity contribution in [1.82, 2.24) is 0 Å². The summed E-state index contributed by atoms with van der Waals surface area (Å²) in [6.45, 7) is 21.3. The van der Waals surface area contributed by atoms with Gasteiger partial charge in [-0.25, -0.2) is 0 Å². The molecule has 0 aliphatic carbocycles. The zero-order chi connectivity index (χ0) is 62.1. The number of hydrogen-bond donors (Lipinski definition) is 0. The lowest BCUT2D eigenvalue weighted by Crippen LogP contribution is -2.05. The second kappa shape index (κ2) is 40.8. The minimum absolute atomic E-state index is 1.15. The molecule has 3 aromatic heterocycles. The lowest BCUT2D eigenvalue weighted by Gasteiger charge is -2.21. The van der Waals surface area contributed by atoms with E-state index < -0.39 is 0 Å². The average Bonchev–Trinajstić information content (AvgIpc) is 2.60. The molecule has 480 valence electrons. The molecule has 3 heteroatoms. The Balaban J connectivity index is 1.46. The van der Waals surface area contributed by atoms with Gasteiger partial charge >= 0.3 is 0 Å². The maximum Gasteiger partial charge on any atom is 0.0423 e. The molecule has 7 aromatic rings. The van der Waals surface area contributed by atoms with Gasteiger partial charge in [0.2, 0.25) is 0 Å². The molecule has 0 spiro atoms. The molecule has 4 aromatic carbocycles. The highest BCUT2D eigenvalue weighted by atomic mass is 32.1. The lowest BCUT2D eigenvalue weighted by molar-refractivity contribution is 0.640. The zero-order valence-corrected chi connectivity index (χ0v) is 60.1. The van der Waals surface area contributed by atoms with E-state index in [4.69, 9.17) is 0 Å². The summed E-state index contributed by atoms with van der Waals surface area (Å²) in [4.78, 5) is 4.37. The van der Waals surface area contributed by atoms with E-state index in [-0.39, 0.29) is 0 Å². The molecule has 0 bridgehead atoms. The van der Waals surface area contributed by atoms with Crippen molar-refractivity contribution < 1.29 is 0 Å². The minimum Gasteiger partial charge on any atom is -0.143 e. The van der Waals surface area contributed by atoms with Gasteiger partial charge in [-0.15, -0.1) is 34.0 Å². The van der Waals surface area contributed by atoms with Crippen molar-refractivity contribution in [2.45, 2.75) is 319 Å². The predicted molar refractivity (Wildman–Crippen MR) is 400 cm³/mol. The number of unbranched alkanes of at least 4 members (excludes halogenated alkanes) is 24. The van der Waals surface area contributed by atoms with Gasteiger partial charge in [-0.05, 0) is 246 Å². The third-order valence-electron chi connectivity index (χ3n) is 19.7. The molecule has 0 saturated heterocycles. The summed E-state index contributed by atoms with van der Waals surface area (Å²) < 4.78 is 0. The topological polar surface area (TPSA) is 0 Å². The van der Waals surface area contributed by atoms with Crippen LogP contribution in [0.4, 0.5) is 0 Å².